The van der Waals surface area contributed by atoms with E-state index >= 15 is 0 Å². The molecule has 0 radical (unpaired) electrons. The average molecular weight is 530 g/mol. The molecule has 2 N–H and O–H groups in total. The summed E-state index contributed by atoms with van der Waals surface area (Å²) in [6.07, 6.45) is 0. The lowest BCUT2D eigenvalue weighted by Gasteiger charge is -2.29. The Hall–Kier alpha value is -3.13. The van der Waals surface area contributed by atoms with Gasteiger partial charge in [0.2, 0.25) is 0 Å². The second kappa shape index (κ2) is 12.2. The molecular weight excluding hydrogens is 501 g/mol. The van der Waals surface area contributed by atoms with E-state index in [1.54, 1.807) is 19.2 Å². The van der Waals surface area contributed by atoms with Gasteiger partial charge >= 0.3 is 0 Å². The number of nitrogens with zero attached hydrogens (tertiary/aromatic N) is 1. The molecular formula is C27H29Cl2N3O4. The van der Waals surface area contributed by atoms with Crippen molar-refractivity contribution in [2.45, 2.75) is 13.5 Å². The van der Waals surface area contributed by atoms with Crippen LogP contribution in [0.5, 0.6) is 11.5 Å². The molecule has 1 aliphatic rings. The third-order valence-corrected chi connectivity index (χ3v) is 6.46. The lowest BCUT2D eigenvalue weighted by molar-refractivity contribution is -0.118. The molecule has 0 atom stereocenters. The van der Waals surface area contributed by atoms with E-state index in [9.17, 15) is 4.79 Å². The quantitative estimate of drug-likeness (QED) is 0.366. The number of halogens is 2. The van der Waals surface area contributed by atoms with Crippen LogP contribution in [0.3, 0.4) is 0 Å². The highest BCUT2D eigenvalue weighted by molar-refractivity contribution is 6.33. The van der Waals surface area contributed by atoms with E-state index in [0.717, 1.165) is 35.6 Å². The summed E-state index contributed by atoms with van der Waals surface area (Å²) in [6.45, 7) is 5.32. The highest BCUT2D eigenvalue weighted by Crippen LogP contribution is 2.34. The molecule has 1 amide bonds. The molecule has 0 aromatic heterocycles. The second-order valence-electron chi connectivity index (χ2n) is 8.42. The fourth-order valence-electron chi connectivity index (χ4n) is 3.84. The summed E-state index contributed by atoms with van der Waals surface area (Å²) in [5.74, 6) is 0.600. The Balaban J connectivity index is 1.36. The van der Waals surface area contributed by atoms with Gasteiger partial charge in [0.15, 0.2) is 18.1 Å². The van der Waals surface area contributed by atoms with Gasteiger partial charge in [-0.1, -0.05) is 40.9 Å². The molecule has 1 fully saturated rings. The number of nitrogens with one attached hydrogen (secondary N) is 2. The van der Waals surface area contributed by atoms with Crippen molar-refractivity contribution in [2.24, 2.45) is 0 Å². The molecule has 0 unspecified atom stereocenters. The zero-order chi connectivity index (χ0) is 25.5. The largest absolute Gasteiger partial charge is 0.493 e. The summed E-state index contributed by atoms with van der Waals surface area (Å²) in [7, 11) is 1.55. The minimum atomic E-state index is -0.278. The Morgan fingerprint density at radius 2 is 1.69 bits per heavy atom. The second-order valence-corrected chi connectivity index (χ2v) is 9.23. The van der Waals surface area contributed by atoms with Gasteiger partial charge in [-0.3, -0.25) is 4.79 Å². The van der Waals surface area contributed by atoms with Crippen LogP contribution in [0.25, 0.3) is 0 Å². The number of ether oxygens (including phenoxy) is 3. The maximum atomic E-state index is 12.3. The third kappa shape index (κ3) is 6.75. The van der Waals surface area contributed by atoms with Crippen molar-refractivity contribution in [3.05, 3.63) is 75.8 Å². The van der Waals surface area contributed by atoms with Gasteiger partial charge in [-0.05, 0) is 48.9 Å². The minimum Gasteiger partial charge on any atom is -0.493 e. The number of hydrogen-bond donors (Lipinski definition) is 2. The first-order chi connectivity index (χ1) is 17.4. The van der Waals surface area contributed by atoms with Crippen LogP contribution in [0.15, 0.2) is 54.6 Å². The number of amides is 1. The zero-order valence-corrected chi connectivity index (χ0v) is 21.8. The summed E-state index contributed by atoms with van der Waals surface area (Å²) >= 11 is 13.1. The molecule has 0 spiro atoms. The predicted molar refractivity (Wildman–Crippen MR) is 145 cm³/mol. The molecule has 3 aromatic carbocycles. The van der Waals surface area contributed by atoms with Crippen LogP contribution >= 0.6 is 23.2 Å². The van der Waals surface area contributed by atoms with Gasteiger partial charge in [-0.25, -0.2) is 0 Å². The van der Waals surface area contributed by atoms with Crippen LogP contribution in [0.4, 0.5) is 17.1 Å². The minimum absolute atomic E-state index is 0.174. The number of morpholine rings is 1. The summed E-state index contributed by atoms with van der Waals surface area (Å²) in [4.78, 5) is 14.5. The molecule has 1 heterocycles. The first-order valence-corrected chi connectivity index (χ1v) is 12.4. The Morgan fingerprint density at radius 1 is 0.972 bits per heavy atom. The number of benzene rings is 3. The Bertz CT molecular complexity index is 1200. The van der Waals surface area contributed by atoms with Gasteiger partial charge in [-0.15, -0.1) is 0 Å². The molecule has 9 heteroatoms. The van der Waals surface area contributed by atoms with Gasteiger partial charge in [0.25, 0.3) is 5.91 Å². The number of aryl methyl sites for hydroxylation is 1. The average Bonchev–Trinajstić information content (AvgIpc) is 2.88. The van der Waals surface area contributed by atoms with Crippen molar-refractivity contribution in [2.75, 3.05) is 55.6 Å². The predicted octanol–water partition coefficient (Wildman–Crippen LogP) is 5.78. The molecule has 1 saturated heterocycles. The van der Waals surface area contributed by atoms with Crippen LogP contribution in [0.1, 0.15) is 11.1 Å². The normalized spacial score (nSPS) is 13.3. The molecule has 0 bridgehead atoms. The number of carbonyl (C=O) groups excluding carboxylic acids is 1. The van der Waals surface area contributed by atoms with Crippen LogP contribution in [-0.2, 0) is 16.1 Å². The zero-order valence-electron chi connectivity index (χ0n) is 20.3. The maximum absolute atomic E-state index is 12.3. The summed E-state index contributed by atoms with van der Waals surface area (Å²) < 4.78 is 16.6. The highest BCUT2D eigenvalue weighted by Gasteiger charge is 2.16. The molecule has 36 heavy (non-hydrogen) atoms. The number of anilines is 3. The van der Waals surface area contributed by atoms with E-state index in [2.05, 4.69) is 15.5 Å². The number of hydrogen-bond acceptors (Lipinski definition) is 6. The Kier molecular flexibility index (Phi) is 8.80. The van der Waals surface area contributed by atoms with Crippen molar-refractivity contribution in [1.82, 2.24) is 0 Å². The van der Waals surface area contributed by atoms with Gasteiger partial charge in [-0.2, -0.15) is 0 Å². The summed E-state index contributed by atoms with van der Waals surface area (Å²) in [5, 5.41) is 7.33. The SMILES string of the molecule is COc1cc(CNc2ccc(N3CCOCC3)c(Cl)c2)c(Cl)cc1OCC(=O)Nc1ccc(C)cc1. The van der Waals surface area contributed by atoms with E-state index in [4.69, 9.17) is 37.4 Å². The molecule has 1 aliphatic heterocycles. The Morgan fingerprint density at radius 3 is 2.39 bits per heavy atom. The molecule has 7 nitrogen and oxygen atoms in total. The molecule has 0 aliphatic carbocycles. The fraction of sp³-hybridized carbons (Fsp3) is 0.296. The van der Waals surface area contributed by atoms with Crippen LogP contribution in [0, 0.1) is 6.92 Å². The maximum Gasteiger partial charge on any atom is 0.262 e. The van der Waals surface area contributed by atoms with Gasteiger partial charge in [0, 0.05) is 42.1 Å². The highest BCUT2D eigenvalue weighted by atomic mass is 35.5. The number of carbonyl (C=O) groups is 1. The topological polar surface area (TPSA) is 72.1 Å². The van der Waals surface area contributed by atoms with Crippen molar-refractivity contribution < 1.29 is 19.0 Å². The van der Waals surface area contributed by atoms with Crippen molar-refractivity contribution >= 4 is 46.2 Å². The molecule has 190 valence electrons. The Labute approximate surface area is 221 Å². The molecule has 0 saturated carbocycles. The molecule has 4 rings (SSSR count). The van der Waals surface area contributed by atoms with Gasteiger partial charge < -0.3 is 29.7 Å². The summed E-state index contributed by atoms with van der Waals surface area (Å²) in [6, 6.07) is 16.9. The third-order valence-electron chi connectivity index (χ3n) is 5.81. The first-order valence-electron chi connectivity index (χ1n) is 11.6. The van der Waals surface area contributed by atoms with Crippen LogP contribution in [-0.4, -0.2) is 45.9 Å². The lowest BCUT2D eigenvalue weighted by Crippen LogP contribution is -2.36. The van der Waals surface area contributed by atoms with E-state index in [1.165, 1.54) is 0 Å². The van der Waals surface area contributed by atoms with Crippen molar-refractivity contribution in [3.8, 4) is 11.5 Å². The fourth-order valence-corrected chi connectivity index (χ4v) is 4.36. The van der Waals surface area contributed by atoms with E-state index in [0.29, 0.717) is 47.0 Å². The lowest BCUT2D eigenvalue weighted by atomic mass is 10.2. The molecule has 3 aromatic rings. The van der Waals surface area contributed by atoms with E-state index < -0.39 is 0 Å². The van der Waals surface area contributed by atoms with Gasteiger partial charge in [0.05, 0.1) is 31.0 Å². The number of rotatable bonds is 9. The first kappa shape index (κ1) is 25.9. The van der Waals surface area contributed by atoms with Crippen LogP contribution < -0.4 is 25.0 Å². The van der Waals surface area contributed by atoms with Crippen molar-refractivity contribution in [1.29, 1.82) is 0 Å². The summed E-state index contributed by atoms with van der Waals surface area (Å²) in [5.41, 5.74) is 4.52. The van der Waals surface area contributed by atoms with Crippen molar-refractivity contribution in [3.63, 3.8) is 0 Å². The van der Waals surface area contributed by atoms with Crippen LogP contribution in [0.2, 0.25) is 10.0 Å². The standard InChI is InChI=1S/C27H29Cl2N3O4/c1-18-3-5-20(6-4-18)31-27(33)17-36-26-15-22(28)19(13-25(26)34-2)16-30-21-7-8-24(23(29)14-21)32-9-11-35-12-10-32/h3-8,13-15,30H,9-12,16-17H2,1-2H3,(H,31,33). The monoisotopic (exact) mass is 529 g/mol. The van der Waals surface area contributed by atoms with E-state index in [1.807, 2.05) is 49.4 Å². The smallest absolute Gasteiger partial charge is 0.262 e. The van der Waals surface area contributed by atoms with Gasteiger partial charge in [0.1, 0.15) is 0 Å². The van der Waals surface area contributed by atoms with E-state index in [-0.39, 0.29) is 12.5 Å². The number of methoxy groups -OCH3 is 1.